The first-order chi connectivity index (χ1) is 9.72. The van der Waals surface area contributed by atoms with Crippen LogP contribution in [0.4, 0.5) is 5.69 Å². The summed E-state index contributed by atoms with van der Waals surface area (Å²) in [6.45, 7) is 0.663. The van der Waals surface area contributed by atoms with Crippen LogP contribution < -0.4 is 5.32 Å². The van der Waals surface area contributed by atoms with Crippen LogP contribution in [-0.2, 0) is 6.54 Å². The van der Waals surface area contributed by atoms with Gasteiger partial charge in [0.25, 0.3) is 0 Å². The maximum absolute atomic E-state index is 5.91. The Hall–Kier alpha value is -1.56. The second-order valence-electron chi connectivity index (χ2n) is 4.05. The van der Waals surface area contributed by atoms with Crippen LogP contribution >= 0.6 is 34.5 Å². The zero-order chi connectivity index (χ0) is 13.9. The van der Waals surface area contributed by atoms with E-state index in [2.05, 4.69) is 15.4 Å². The molecule has 0 aliphatic carbocycles. The van der Waals surface area contributed by atoms with E-state index >= 15 is 0 Å². The quantitative estimate of drug-likeness (QED) is 0.780. The summed E-state index contributed by atoms with van der Waals surface area (Å²) < 4.78 is 2.29. The summed E-state index contributed by atoms with van der Waals surface area (Å²) in [5.41, 5.74) is 1.91. The minimum Gasteiger partial charge on any atom is -0.378 e. The number of nitrogens with one attached hydrogen (secondary N) is 1. The van der Waals surface area contributed by atoms with Crippen molar-refractivity contribution in [3.63, 3.8) is 0 Å². The van der Waals surface area contributed by atoms with Gasteiger partial charge in [0.1, 0.15) is 0 Å². The minimum absolute atomic E-state index is 0.550. The van der Waals surface area contributed by atoms with E-state index in [0.717, 1.165) is 16.3 Å². The molecule has 0 bridgehead atoms. The summed E-state index contributed by atoms with van der Waals surface area (Å²) in [5, 5.41) is 8.18. The summed E-state index contributed by atoms with van der Waals surface area (Å²) in [4.78, 5) is 5.09. The highest BCUT2D eigenvalue weighted by Gasteiger charge is 2.06. The fraction of sp³-hybridized carbons (Fsp3) is 0.0769. The molecule has 1 N–H and O–H groups in total. The van der Waals surface area contributed by atoms with Crippen molar-refractivity contribution < 1.29 is 0 Å². The van der Waals surface area contributed by atoms with E-state index in [-0.39, 0.29) is 0 Å². The lowest BCUT2D eigenvalue weighted by molar-refractivity contribution is 0.879. The molecule has 0 aliphatic heterocycles. The number of rotatable bonds is 4. The Labute approximate surface area is 130 Å². The molecule has 4 nitrogen and oxygen atoms in total. The number of thiazole rings is 1. The van der Waals surface area contributed by atoms with Gasteiger partial charge >= 0.3 is 0 Å². The van der Waals surface area contributed by atoms with E-state index in [1.54, 1.807) is 23.3 Å². The summed E-state index contributed by atoms with van der Waals surface area (Å²) in [5.74, 6) is 0. The van der Waals surface area contributed by atoms with Crippen LogP contribution in [0.3, 0.4) is 0 Å². The number of nitrogens with zero attached hydrogens (tertiary/aromatic N) is 3. The molecule has 0 radical (unpaired) electrons. The van der Waals surface area contributed by atoms with Gasteiger partial charge in [-0.3, -0.25) is 0 Å². The lowest BCUT2D eigenvalue weighted by Crippen LogP contribution is -2.03. The molecule has 0 fully saturated rings. The van der Waals surface area contributed by atoms with Gasteiger partial charge in [-0.2, -0.15) is 5.10 Å². The SMILES string of the molecule is Clc1cnn(-c2ccccc2NCc2cnc(Cl)s2)c1. The van der Waals surface area contributed by atoms with Crippen molar-refractivity contribution in [2.75, 3.05) is 5.32 Å². The molecule has 3 rings (SSSR count). The van der Waals surface area contributed by atoms with Gasteiger partial charge in [0.05, 0.1) is 29.1 Å². The normalized spacial score (nSPS) is 10.7. The number of hydrogen-bond acceptors (Lipinski definition) is 4. The highest BCUT2D eigenvalue weighted by Crippen LogP contribution is 2.23. The van der Waals surface area contributed by atoms with Crippen LogP contribution in [0.25, 0.3) is 5.69 Å². The first-order valence-corrected chi connectivity index (χ1v) is 7.43. The van der Waals surface area contributed by atoms with Crippen LogP contribution in [0, 0.1) is 0 Å². The van der Waals surface area contributed by atoms with Crippen molar-refractivity contribution in [1.29, 1.82) is 0 Å². The average Bonchev–Trinajstić information content (AvgIpc) is 3.06. The van der Waals surface area contributed by atoms with Gasteiger partial charge in [0.15, 0.2) is 4.47 Å². The van der Waals surface area contributed by atoms with Crippen LogP contribution in [0.15, 0.2) is 42.9 Å². The molecule has 1 aromatic carbocycles. The molecule has 0 atom stereocenters. The molecule has 2 heterocycles. The van der Waals surface area contributed by atoms with Gasteiger partial charge in [-0.15, -0.1) is 11.3 Å². The van der Waals surface area contributed by atoms with E-state index < -0.39 is 0 Å². The maximum atomic E-state index is 5.91. The van der Waals surface area contributed by atoms with Gasteiger partial charge in [-0.05, 0) is 12.1 Å². The van der Waals surface area contributed by atoms with Crippen LogP contribution in [0.5, 0.6) is 0 Å². The van der Waals surface area contributed by atoms with Crippen LogP contribution in [0.1, 0.15) is 4.88 Å². The van der Waals surface area contributed by atoms with Crippen LogP contribution in [-0.4, -0.2) is 14.8 Å². The Morgan fingerprint density at radius 3 is 2.75 bits per heavy atom. The number of anilines is 1. The standard InChI is InChI=1S/C13H10Cl2N4S/c14-9-5-18-19(8-9)12-4-2-1-3-11(12)16-6-10-7-17-13(15)20-10/h1-5,7-8,16H,6H2. The number of hydrogen-bond donors (Lipinski definition) is 1. The molecule has 0 saturated carbocycles. The highest BCUT2D eigenvalue weighted by atomic mass is 35.5. The van der Waals surface area contributed by atoms with Gasteiger partial charge in [-0.25, -0.2) is 9.67 Å². The second-order valence-corrected chi connectivity index (χ2v) is 6.19. The number of benzene rings is 1. The Balaban J connectivity index is 1.83. The second kappa shape index (κ2) is 5.83. The molecular weight excluding hydrogens is 315 g/mol. The summed E-state index contributed by atoms with van der Waals surface area (Å²) in [6.07, 6.45) is 5.15. The highest BCUT2D eigenvalue weighted by molar-refractivity contribution is 7.15. The van der Waals surface area contributed by atoms with E-state index in [0.29, 0.717) is 16.0 Å². The fourth-order valence-electron chi connectivity index (χ4n) is 1.80. The van der Waals surface area contributed by atoms with Crippen LogP contribution in [0.2, 0.25) is 9.49 Å². The summed E-state index contributed by atoms with van der Waals surface area (Å²) in [6, 6.07) is 7.90. The third-order valence-corrected chi connectivity index (χ3v) is 3.99. The monoisotopic (exact) mass is 324 g/mol. The van der Waals surface area contributed by atoms with Crippen molar-refractivity contribution in [2.24, 2.45) is 0 Å². The van der Waals surface area contributed by atoms with E-state index in [1.807, 2.05) is 24.3 Å². The summed E-state index contributed by atoms with van der Waals surface area (Å²) in [7, 11) is 0. The van der Waals surface area contributed by atoms with Gasteiger partial charge in [0.2, 0.25) is 0 Å². The smallest absolute Gasteiger partial charge is 0.183 e. The Morgan fingerprint density at radius 1 is 1.20 bits per heavy atom. The number of halogens is 2. The molecular formula is C13H10Cl2N4S. The third kappa shape index (κ3) is 2.95. The number of para-hydroxylation sites is 2. The molecule has 0 unspecified atom stereocenters. The van der Waals surface area contributed by atoms with Gasteiger partial charge in [0, 0.05) is 17.3 Å². The molecule has 2 aromatic heterocycles. The first-order valence-electron chi connectivity index (χ1n) is 5.86. The topological polar surface area (TPSA) is 42.7 Å². The molecule has 0 amide bonds. The first kappa shape index (κ1) is 13.4. The molecule has 0 spiro atoms. The predicted octanol–water partition coefficient (Wildman–Crippen LogP) is 4.25. The van der Waals surface area contributed by atoms with E-state index in [4.69, 9.17) is 23.2 Å². The predicted molar refractivity (Wildman–Crippen MR) is 83.0 cm³/mol. The molecule has 0 saturated heterocycles. The van der Waals surface area contributed by atoms with Crippen molar-refractivity contribution in [3.05, 3.63) is 57.2 Å². The van der Waals surface area contributed by atoms with Crippen molar-refractivity contribution >= 4 is 40.2 Å². The Morgan fingerprint density at radius 2 is 2.05 bits per heavy atom. The van der Waals surface area contributed by atoms with Crippen molar-refractivity contribution in [1.82, 2.24) is 14.8 Å². The zero-order valence-electron chi connectivity index (χ0n) is 10.3. The van der Waals surface area contributed by atoms with E-state index in [1.165, 1.54) is 11.3 Å². The Bertz CT molecular complexity index is 722. The molecule has 20 heavy (non-hydrogen) atoms. The molecule has 3 aromatic rings. The largest absolute Gasteiger partial charge is 0.378 e. The molecule has 7 heteroatoms. The average molecular weight is 325 g/mol. The van der Waals surface area contributed by atoms with Gasteiger partial charge in [-0.1, -0.05) is 35.3 Å². The minimum atomic E-state index is 0.550. The fourth-order valence-corrected chi connectivity index (χ4v) is 2.86. The summed E-state index contributed by atoms with van der Waals surface area (Å²) >= 11 is 13.2. The lowest BCUT2D eigenvalue weighted by Gasteiger charge is -2.10. The molecule has 102 valence electrons. The third-order valence-electron chi connectivity index (χ3n) is 2.68. The lowest BCUT2D eigenvalue weighted by atomic mass is 10.2. The van der Waals surface area contributed by atoms with Crippen molar-refractivity contribution in [3.8, 4) is 5.69 Å². The van der Waals surface area contributed by atoms with Crippen molar-refractivity contribution in [2.45, 2.75) is 6.54 Å². The number of aromatic nitrogens is 3. The Kier molecular flexibility index (Phi) is 3.91. The van der Waals surface area contributed by atoms with E-state index in [9.17, 15) is 0 Å². The molecule has 0 aliphatic rings. The maximum Gasteiger partial charge on any atom is 0.183 e. The van der Waals surface area contributed by atoms with Gasteiger partial charge < -0.3 is 5.32 Å². The zero-order valence-corrected chi connectivity index (χ0v) is 12.6.